The van der Waals surface area contributed by atoms with Crippen molar-refractivity contribution in [1.29, 1.82) is 0 Å². The summed E-state index contributed by atoms with van der Waals surface area (Å²) in [5.41, 5.74) is 3.29. The molecule has 3 atom stereocenters. The Morgan fingerprint density at radius 1 is 1.33 bits per heavy atom. The Balaban J connectivity index is 1.83. The van der Waals surface area contributed by atoms with E-state index in [0.29, 0.717) is 17.2 Å². The van der Waals surface area contributed by atoms with E-state index in [-0.39, 0.29) is 0 Å². The highest BCUT2D eigenvalue weighted by atomic mass is 16.3. The normalized spacial score (nSPS) is 34.9. The summed E-state index contributed by atoms with van der Waals surface area (Å²) in [5.74, 6) is 1.22. The number of fused-ring (bicyclic) bond motifs is 1. The molecular formula is C19H25NO. The van der Waals surface area contributed by atoms with Crippen LogP contribution < -0.4 is 0 Å². The second kappa shape index (κ2) is 4.88. The molecule has 0 aromatic heterocycles. The lowest BCUT2D eigenvalue weighted by atomic mass is 9.52. The van der Waals surface area contributed by atoms with E-state index in [1.54, 1.807) is 0 Å². The molecule has 21 heavy (non-hydrogen) atoms. The predicted octanol–water partition coefficient (Wildman–Crippen LogP) is 3.64. The number of hydrogen-bond donors (Lipinski definition) is 1. The van der Waals surface area contributed by atoms with Crippen LogP contribution in [-0.2, 0) is 11.8 Å². The van der Waals surface area contributed by atoms with E-state index in [1.165, 1.54) is 49.8 Å². The minimum Gasteiger partial charge on any atom is -0.508 e. The molecule has 2 unspecified atom stereocenters. The molecule has 2 heteroatoms. The minimum absolute atomic E-state index is 0.340. The van der Waals surface area contributed by atoms with Crippen LogP contribution in [-0.4, -0.2) is 29.1 Å². The standard InChI is InChI=1S/C19H25NO/c1-2-10-20-11-9-19-8-4-3-5-16(19)18(20)12-14-6-7-15(21)13-17(14)19/h2,6-7,13,16,18,21H,1,3-5,8-12H2/t16?,18?,19-/m1/s1. The van der Waals surface area contributed by atoms with Crippen LogP contribution in [0.25, 0.3) is 0 Å². The maximum absolute atomic E-state index is 9.98. The molecule has 1 aromatic rings. The molecule has 2 aliphatic carbocycles. The monoisotopic (exact) mass is 283 g/mol. The van der Waals surface area contributed by atoms with Crippen LogP contribution in [0.5, 0.6) is 5.75 Å². The van der Waals surface area contributed by atoms with Gasteiger partial charge >= 0.3 is 0 Å². The molecule has 2 bridgehead atoms. The summed E-state index contributed by atoms with van der Waals surface area (Å²) >= 11 is 0. The first-order valence-electron chi connectivity index (χ1n) is 8.42. The molecule has 0 amide bonds. The van der Waals surface area contributed by atoms with Crippen molar-refractivity contribution in [1.82, 2.24) is 4.90 Å². The largest absolute Gasteiger partial charge is 0.508 e. The van der Waals surface area contributed by atoms with Gasteiger partial charge in [-0.05, 0) is 61.4 Å². The molecule has 1 heterocycles. The average Bonchev–Trinajstić information content (AvgIpc) is 2.51. The van der Waals surface area contributed by atoms with E-state index >= 15 is 0 Å². The fourth-order valence-electron chi connectivity index (χ4n) is 5.47. The molecule has 1 aliphatic heterocycles. The van der Waals surface area contributed by atoms with E-state index < -0.39 is 0 Å². The second-order valence-electron chi connectivity index (χ2n) is 7.15. The lowest BCUT2D eigenvalue weighted by Crippen LogP contribution is -2.60. The van der Waals surface area contributed by atoms with Crippen molar-refractivity contribution in [2.45, 2.75) is 50.0 Å². The Hall–Kier alpha value is -1.28. The van der Waals surface area contributed by atoms with Crippen molar-refractivity contribution in [3.63, 3.8) is 0 Å². The molecule has 1 N–H and O–H groups in total. The van der Waals surface area contributed by atoms with Crippen molar-refractivity contribution in [3.8, 4) is 5.75 Å². The quantitative estimate of drug-likeness (QED) is 0.838. The van der Waals surface area contributed by atoms with Gasteiger partial charge in [-0.2, -0.15) is 0 Å². The Morgan fingerprint density at radius 2 is 2.24 bits per heavy atom. The van der Waals surface area contributed by atoms with Crippen LogP contribution in [0.4, 0.5) is 0 Å². The van der Waals surface area contributed by atoms with Crippen LogP contribution >= 0.6 is 0 Å². The first-order chi connectivity index (χ1) is 10.2. The van der Waals surface area contributed by atoms with Crippen LogP contribution in [0.15, 0.2) is 30.9 Å². The highest BCUT2D eigenvalue weighted by Crippen LogP contribution is 2.56. The van der Waals surface area contributed by atoms with Crippen LogP contribution in [0.3, 0.4) is 0 Å². The van der Waals surface area contributed by atoms with E-state index in [1.807, 2.05) is 6.07 Å². The van der Waals surface area contributed by atoms with Crippen molar-refractivity contribution in [3.05, 3.63) is 42.0 Å². The third-order valence-corrected chi connectivity index (χ3v) is 6.30. The Labute approximate surface area is 127 Å². The van der Waals surface area contributed by atoms with Gasteiger partial charge in [-0.3, -0.25) is 4.90 Å². The fourth-order valence-corrected chi connectivity index (χ4v) is 5.47. The molecule has 2 nitrogen and oxygen atoms in total. The number of rotatable bonds is 2. The van der Waals surface area contributed by atoms with Gasteiger partial charge in [0.15, 0.2) is 0 Å². The topological polar surface area (TPSA) is 23.5 Å². The number of phenols is 1. The number of aromatic hydroxyl groups is 1. The van der Waals surface area contributed by atoms with E-state index in [9.17, 15) is 5.11 Å². The summed E-state index contributed by atoms with van der Waals surface area (Å²) in [4.78, 5) is 2.65. The van der Waals surface area contributed by atoms with Gasteiger partial charge in [0, 0.05) is 18.0 Å². The first kappa shape index (κ1) is 13.4. The van der Waals surface area contributed by atoms with E-state index in [0.717, 1.165) is 18.9 Å². The number of phenolic OH excluding ortho intramolecular Hbond substituents is 1. The predicted molar refractivity (Wildman–Crippen MR) is 85.6 cm³/mol. The molecule has 1 aromatic carbocycles. The van der Waals surface area contributed by atoms with Gasteiger partial charge in [0.05, 0.1) is 0 Å². The van der Waals surface area contributed by atoms with Gasteiger partial charge in [0.2, 0.25) is 0 Å². The molecule has 0 radical (unpaired) electrons. The van der Waals surface area contributed by atoms with Crippen molar-refractivity contribution < 1.29 is 5.11 Å². The first-order valence-corrected chi connectivity index (χ1v) is 8.42. The Bertz CT molecular complexity index is 567. The van der Waals surface area contributed by atoms with Crippen LogP contribution in [0, 0.1) is 5.92 Å². The Morgan fingerprint density at radius 3 is 3.10 bits per heavy atom. The average molecular weight is 283 g/mol. The van der Waals surface area contributed by atoms with Crippen molar-refractivity contribution in [2.24, 2.45) is 5.92 Å². The molecule has 4 rings (SSSR count). The maximum atomic E-state index is 9.98. The summed E-state index contributed by atoms with van der Waals surface area (Å²) in [6.45, 7) is 6.15. The summed E-state index contributed by atoms with van der Waals surface area (Å²) in [6, 6.07) is 6.79. The lowest BCUT2D eigenvalue weighted by molar-refractivity contribution is -0.00517. The summed E-state index contributed by atoms with van der Waals surface area (Å²) < 4.78 is 0. The Kier molecular flexibility index (Phi) is 3.11. The third kappa shape index (κ3) is 1.88. The van der Waals surface area contributed by atoms with E-state index in [4.69, 9.17) is 0 Å². The highest BCUT2D eigenvalue weighted by Gasteiger charge is 2.53. The number of likely N-dealkylation sites (tertiary alicyclic amines) is 1. The minimum atomic E-state index is 0.340. The van der Waals surface area contributed by atoms with Crippen molar-refractivity contribution >= 4 is 0 Å². The molecule has 1 saturated heterocycles. The zero-order valence-corrected chi connectivity index (χ0v) is 12.7. The SMILES string of the molecule is C=CCN1CC[C@]23CCCCC2C1Cc1ccc(O)cc13. The maximum Gasteiger partial charge on any atom is 0.115 e. The van der Waals surface area contributed by atoms with E-state index in [2.05, 4.69) is 29.7 Å². The number of piperidine rings is 1. The smallest absolute Gasteiger partial charge is 0.115 e. The van der Waals surface area contributed by atoms with Crippen LogP contribution in [0.2, 0.25) is 0 Å². The second-order valence-corrected chi connectivity index (χ2v) is 7.15. The lowest BCUT2D eigenvalue weighted by Gasteiger charge is -2.59. The van der Waals surface area contributed by atoms with Gasteiger partial charge in [-0.25, -0.2) is 0 Å². The van der Waals surface area contributed by atoms with Gasteiger partial charge < -0.3 is 5.11 Å². The molecule has 112 valence electrons. The van der Waals surface area contributed by atoms with Crippen molar-refractivity contribution in [2.75, 3.05) is 13.1 Å². The molecule has 2 fully saturated rings. The van der Waals surface area contributed by atoms with Gasteiger partial charge in [0.1, 0.15) is 5.75 Å². The molecule has 1 saturated carbocycles. The summed E-state index contributed by atoms with van der Waals surface area (Å²) in [6.07, 6.45) is 9.84. The number of nitrogens with zero attached hydrogens (tertiary/aromatic N) is 1. The zero-order chi connectivity index (χ0) is 14.4. The van der Waals surface area contributed by atoms with Crippen LogP contribution in [0.1, 0.15) is 43.2 Å². The van der Waals surface area contributed by atoms with Gasteiger partial charge in [0.25, 0.3) is 0 Å². The summed E-state index contributed by atoms with van der Waals surface area (Å²) in [5, 5.41) is 9.98. The molecule has 3 aliphatic rings. The molecule has 0 spiro atoms. The van der Waals surface area contributed by atoms with Gasteiger partial charge in [-0.15, -0.1) is 6.58 Å². The summed E-state index contributed by atoms with van der Waals surface area (Å²) in [7, 11) is 0. The van der Waals surface area contributed by atoms with Gasteiger partial charge in [-0.1, -0.05) is 25.0 Å². The number of benzene rings is 1. The fraction of sp³-hybridized carbons (Fsp3) is 0.579. The number of hydrogen-bond acceptors (Lipinski definition) is 2. The zero-order valence-electron chi connectivity index (χ0n) is 12.7. The third-order valence-electron chi connectivity index (χ3n) is 6.30. The highest BCUT2D eigenvalue weighted by molar-refractivity contribution is 5.45. The molecular weight excluding hydrogens is 258 g/mol.